The SMILES string of the molecule is Nc1cc(C=O)c(-c2c(Cl)cccc2Cl)cn1. The van der Waals surface area contributed by atoms with E-state index in [1.165, 1.54) is 12.3 Å². The second kappa shape index (κ2) is 4.73. The number of nitrogens with zero attached hydrogens (tertiary/aromatic N) is 1. The van der Waals surface area contributed by atoms with Crippen molar-refractivity contribution in [3.05, 3.63) is 46.1 Å². The van der Waals surface area contributed by atoms with Crippen LogP contribution in [0.5, 0.6) is 0 Å². The quantitative estimate of drug-likeness (QED) is 0.848. The normalized spacial score (nSPS) is 10.2. The average molecular weight is 267 g/mol. The van der Waals surface area contributed by atoms with Crippen LogP contribution in [0.15, 0.2) is 30.5 Å². The zero-order valence-electron chi connectivity index (χ0n) is 8.65. The van der Waals surface area contributed by atoms with Crippen LogP contribution < -0.4 is 5.73 Å². The van der Waals surface area contributed by atoms with Crippen LogP contribution in [-0.4, -0.2) is 11.3 Å². The third kappa shape index (κ3) is 2.25. The summed E-state index contributed by atoms with van der Waals surface area (Å²) in [6.07, 6.45) is 2.19. The lowest BCUT2D eigenvalue weighted by Crippen LogP contribution is -1.96. The van der Waals surface area contributed by atoms with E-state index in [0.29, 0.717) is 33.0 Å². The summed E-state index contributed by atoms with van der Waals surface area (Å²) in [6.45, 7) is 0. The Labute approximate surface area is 108 Å². The third-order valence-electron chi connectivity index (χ3n) is 2.32. The van der Waals surface area contributed by atoms with Crippen LogP contribution in [0.2, 0.25) is 10.0 Å². The zero-order chi connectivity index (χ0) is 12.4. The summed E-state index contributed by atoms with van der Waals surface area (Å²) in [6, 6.07) is 6.63. The number of anilines is 1. The molecule has 0 aliphatic heterocycles. The summed E-state index contributed by atoms with van der Waals surface area (Å²) >= 11 is 12.1. The Morgan fingerprint density at radius 1 is 1.24 bits per heavy atom. The minimum absolute atomic E-state index is 0.277. The van der Waals surface area contributed by atoms with Crippen LogP contribution in [0.4, 0.5) is 5.82 Å². The van der Waals surface area contributed by atoms with Crippen LogP contribution in [0.25, 0.3) is 11.1 Å². The van der Waals surface area contributed by atoms with E-state index in [0.717, 1.165) is 0 Å². The van der Waals surface area contributed by atoms with Crippen molar-refractivity contribution >= 4 is 35.3 Å². The van der Waals surface area contributed by atoms with E-state index < -0.39 is 0 Å². The summed E-state index contributed by atoms with van der Waals surface area (Å²) in [5, 5.41) is 0.930. The summed E-state index contributed by atoms with van der Waals surface area (Å²) in [7, 11) is 0. The largest absolute Gasteiger partial charge is 0.384 e. The van der Waals surface area contributed by atoms with Crippen LogP contribution in [0, 0.1) is 0 Å². The van der Waals surface area contributed by atoms with Crippen LogP contribution >= 0.6 is 23.2 Å². The maximum Gasteiger partial charge on any atom is 0.150 e. The monoisotopic (exact) mass is 266 g/mol. The maximum absolute atomic E-state index is 11.0. The lowest BCUT2D eigenvalue weighted by molar-refractivity contribution is 0.112. The molecule has 1 aromatic heterocycles. The van der Waals surface area contributed by atoms with Gasteiger partial charge in [0, 0.05) is 32.9 Å². The number of carbonyl (C=O) groups is 1. The molecule has 2 N–H and O–H groups in total. The van der Waals surface area contributed by atoms with Gasteiger partial charge in [-0.2, -0.15) is 0 Å². The summed E-state index contributed by atoms with van der Waals surface area (Å²) in [4.78, 5) is 15.0. The Hall–Kier alpha value is -1.58. The van der Waals surface area contributed by atoms with Crippen molar-refractivity contribution in [3.63, 3.8) is 0 Å². The van der Waals surface area contributed by atoms with Gasteiger partial charge < -0.3 is 5.73 Å². The van der Waals surface area contributed by atoms with E-state index in [1.807, 2.05) is 0 Å². The number of hydrogen-bond donors (Lipinski definition) is 1. The molecule has 0 radical (unpaired) electrons. The third-order valence-corrected chi connectivity index (χ3v) is 2.95. The second-order valence-corrected chi connectivity index (χ2v) is 4.23. The Morgan fingerprint density at radius 3 is 2.47 bits per heavy atom. The fourth-order valence-corrected chi connectivity index (χ4v) is 2.15. The molecule has 0 fully saturated rings. The Kier molecular flexibility index (Phi) is 3.31. The molecule has 0 amide bonds. The number of pyridine rings is 1. The number of nitrogens with two attached hydrogens (primary N) is 1. The van der Waals surface area contributed by atoms with E-state index in [-0.39, 0.29) is 5.82 Å². The smallest absolute Gasteiger partial charge is 0.150 e. The molecule has 3 nitrogen and oxygen atoms in total. The zero-order valence-corrected chi connectivity index (χ0v) is 10.2. The fourth-order valence-electron chi connectivity index (χ4n) is 1.55. The van der Waals surface area contributed by atoms with Gasteiger partial charge in [0.1, 0.15) is 5.82 Å². The Morgan fingerprint density at radius 2 is 1.88 bits per heavy atom. The minimum atomic E-state index is 0.277. The number of nitrogen functional groups attached to an aromatic ring is 1. The van der Waals surface area contributed by atoms with Gasteiger partial charge in [-0.1, -0.05) is 29.3 Å². The first-order valence-corrected chi connectivity index (χ1v) is 5.54. The van der Waals surface area contributed by atoms with Crippen molar-refractivity contribution in [2.45, 2.75) is 0 Å². The lowest BCUT2D eigenvalue weighted by atomic mass is 10.0. The van der Waals surface area contributed by atoms with Crippen molar-refractivity contribution in [1.29, 1.82) is 0 Å². The van der Waals surface area contributed by atoms with Gasteiger partial charge in [-0.05, 0) is 18.2 Å². The highest BCUT2D eigenvalue weighted by Crippen LogP contribution is 2.35. The summed E-state index contributed by atoms with van der Waals surface area (Å²) in [5.41, 5.74) is 7.09. The average Bonchev–Trinajstić information content (AvgIpc) is 2.30. The van der Waals surface area contributed by atoms with Crippen LogP contribution in [-0.2, 0) is 0 Å². The van der Waals surface area contributed by atoms with Crippen molar-refractivity contribution in [3.8, 4) is 11.1 Å². The van der Waals surface area contributed by atoms with Crippen molar-refractivity contribution in [2.24, 2.45) is 0 Å². The molecule has 0 bridgehead atoms. The van der Waals surface area contributed by atoms with Gasteiger partial charge in [0.2, 0.25) is 0 Å². The van der Waals surface area contributed by atoms with Gasteiger partial charge in [-0.3, -0.25) is 4.79 Å². The number of benzene rings is 1. The van der Waals surface area contributed by atoms with Crippen molar-refractivity contribution in [2.75, 3.05) is 5.73 Å². The van der Waals surface area contributed by atoms with Crippen molar-refractivity contribution in [1.82, 2.24) is 4.98 Å². The molecule has 86 valence electrons. The number of aldehydes is 1. The van der Waals surface area contributed by atoms with Crippen LogP contribution in [0.1, 0.15) is 10.4 Å². The summed E-state index contributed by atoms with van der Waals surface area (Å²) in [5.74, 6) is 0.277. The molecule has 0 aliphatic carbocycles. The molecule has 17 heavy (non-hydrogen) atoms. The number of halogens is 2. The summed E-state index contributed by atoms with van der Waals surface area (Å²) < 4.78 is 0. The number of rotatable bonds is 2. The molecule has 1 heterocycles. The van der Waals surface area contributed by atoms with Gasteiger partial charge in [0.15, 0.2) is 6.29 Å². The maximum atomic E-state index is 11.0. The molecular formula is C12H8Cl2N2O. The van der Waals surface area contributed by atoms with E-state index in [9.17, 15) is 4.79 Å². The molecule has 0 spiro atoms. The molecule has 1 aromatic carbocycles. The molecule has 0 saturated carbocycles. The first kappa shape index (κ1) is 11.9. The Bertz CT molecular complexity index is 564. The predicted molar refractivity (Wildman–Crippen MR) is 69.5 cm³/mol. The van der Waals surface area contributed by atoms with E-state index in [2.05, 4.69) is 4.98 Å². The van der Waals surface area contributed by atoms with Gasteiger partial charge in [-0.15, -0.1) is 0 Å². The van der Waals surface area contributed by atoms with Gasteiger partial charge >= 0.3 is 0 Å². The standard InChI is InChI=1S/C12H8Cl2N2O/c13-9-2-1-3-10(14)12(9)8-5-16-11(15)4-7(8)6-17/h1-6H,(H2,15,16). The Balaban J connectivity index is 2.72. The molecule has 0 saturated heterocycles. The number of hydrogen-bond acceptors (Lipinski definition) is 3. The van der Waals surface area contributed by atoms with E-state index in [1.54, 1.807) is 18.2 Å². The number of carbonyl (C=O) groups excluding carboxylic acids is 1. The molecule has 2 rings (SSSR count). The first-order valence-electron chi connectivity index (χ1n) is 4.78. The highest BCUT2D eigenvalue weighted by Gasteiger charge is 2.12. The van der Waals surface area contributed by atoms with Crippen molar-refractivity contribution < 1.29 is 4.79 Å². The molecule has 0 atom stereocenters. The minimum Gasteiger partial charge on any atom is -0.384 e. The molecular weight excluding hydrogens is 259 g/mol. The first-order chi connectivity index (χ1) is 8.13. The fraction of sp³-hybridized carbons (Fsp3) is 0. The lowest BCUT2D eigenvalue weighted by Gasteiger charge is -2.09. The molecule has 0 unspecified atom stereocenters. The molecule has 2 aromatic rings. The van der Waals surface area contributed by atoms with E-state index in [4.69, 9.17) is 28.9 Å². The van der Waals surface area contributed by atoms with E-state index >= 15 is 0 Å². The highest BCUT2D eigenvalue weighted by molar-refractivity contribution is 6.39. The van der Waals surface area contributed by atoms with Crippen LogP contribution in [0.3, 0.4) is 0 Å². The van der Waals surface area contributed by atoms with Gasteiger partial charge in [0.05, 0.1) is 0 Å². The molecule has 5 heteroatoms. The van der Waals surface area contributed by atoms with Gasteiger partial charge in [-0.25, -0.2) is 4.98 Å². The number of aromatic nitrogens is 1. The second-order valence-electron chi connectivity index (χ2n) is 3.41. The van der Waals surface area contributed by atoms with Gasteiger partial charge in [0.25, 0.3) is 0 Å². The molecule has 0 aliphatic rings. The topological polar surface area (TPSA) is 56.0 Å². The highest BCUT2D eigenvalue weighted by atomic mass is 35.5. The predicted octanol–water partition coefficient (Wildman–Crippen LogP) is 3.45.